The first-order valence-corrected chi connectivity index (χ1v) is 8.16. The van der Waals surface area contributed by atoms with E-state index in [0.717, 1.165) is 23.3 Å². The second kappa shape index (κ2) is 7.46. The monoisotopic (exact) mass is 359 g/mol. The van der Waals surface area contributed by atoms with Gasteiger partial charge in [0, 0.05) is 17.2 Å². The topological polar surface area (TPSA) is 104 Å². The third kappa shape index (κ3) is 3.70. The molecule has 0 aliphatic carbocycles. The van der Waals surface area contributed by atoms with E-state index < -0.39 is 0 Å². The third-order valence-corrected chi connectivity index (χ3v) is 4.04. The van der Waals surface area contributed by atoms with Crippen LogP contribution in [0.15, 0.2) is 42.6 Å². The molecule has 25 heavy (non-hydrogen) atoms. The summed E-state index contributed by atoms with van der Waals surface area (Å²) >= 11 is 5.97. The molecule has 0 saturated carbocycles. The number of benzene rings is 2. The standard InChI is InChI=1S/C18H18ClN3O3/c19-15-8-13(16(23)9-17(15)24)18-14(10-21-22-18)11-3-1-4-12(7-11)25-6-2-5-20/h1,3-4,7-10,23-24H,2,5-6,20H2,(H,21,22). The predicted molar refractivity (Wildman–Crippen MR) is 97.0 cm³/mol. The number of nitrogens with one attached hydrogen (secondary N) is 1. The van der Waals surface area contributed by atoms with E-state index in [9.17, 15) is 10.2 Å². The summed E-state index contributed by atoms with van der Waals surface area (Å²) in [5.74, 6) is 0.452. The lowest BCUT2D eigenvalue weighted by atomic mass is 10.0. The fraction of sp³-hybridized carbons (Fsp3) is 0.167. The van der Waals surface area contributed by atoms with Gasteiger partial charge in [0.05, 0.1) is 23.5 Å². The number of hydrogen-bond acceptors (Lipinski definition) is 5. The van der Waals surface area contributed by atoms with Gasteiger partial charge in [-0.2, -0.15) is 5.10 Å². The molecule has 130 valence electrons. The Kier molecular flexibility index (Phi) is 5.11. The van der Waals surface area contributed by atoms with Gasteiger partial charge >= 0.3 is 0 Å². The molecule has 7 heteroatoms. The SMILES string of the molecule is NCCCOc1cccc(-c2cn[nH]c2-c2cc(Cl)c(O)cc2O)c1. The highest BCUT2D eigenvalue weighted by molar-refractivity contribution is 6.32. The van der Waals surface area contributed by atoms with E-state index in [-0.39, 0.29) is 16.5 Å². The maximum absolute atomic E-state index is 10.2. The quantitative estimate of drug-likeness (QED) is 0.504. The number of aromatic nitrogens is 2. The van der Waals surface area contributed by atoms with Crippen LogP contribution in [0.3, 0.4) is 0 Å². The van der Waals surface area contributed by atoms with Gasteiger partial charge in [-0.05, 0) is 36.7 Å². The lowest BCUT2D eigenvalue weighted by Crippen LogP contribution is -2.06. The van der Waals surface area contributed by atoms with Crippen LogP contribution in [0, 0.1) is 0 Å². The molecule has 3 rings (SSSR count). The molecule has 1 aromatic heterocycles. The zero-order chi connectivity index (χ0) is 17.8. The summed E-state index contributed by atoms with van der Waals surface area (Å²) in [6, 6.07) is 10.3. The van der Waals surface area contributed by atoms with Crippen molar-refractivity contribution < 1.29 is 14.9 Å². The average molecular weight is 360 g/mol. The van der Waals surface area contributed by atoms with E-state index in [1.165, 1.54) is 12.1 Å². The zero-order valence-electron chi connectivity index (χ0n) is 13.4. The molecule has 0 saturated heterocycles. The number of hydrogen-bond donors (Lipinski definition) is 4. The lowest BCUT2D eigenvalue weighted by Gasteiger charge is -2.10. The molecule has 0 bridgehead atoms. The Morgan fingerprint density at radius 1 is 1.12 bits per heavy atom. The maximum Gasteiger partial charge on any atom is 0.137 e. The van der Waals surface area contributed by atoms with Crippen molar-refractivity contribution in [3.05, 3.63) is 47.6 Å². The van der Waals surface area contributed by atoms with Crippen molar-refractivity contribution in [2.45, 2.75) is 6.42 Å². The van der Waals surface area contributed by atoms with Crippen LogP contribution in [0.25, 0.3) is 22.4 Å². The summed E-state index contributed by atoms with van der Waals surface area (Å²) in [5, 5.41) is 26.9. The Morgan fingerprint density at radius 2 is 1.96 bits per heavy atom. The summed E-state index contributed by atoms with van der Waals surface area (Å²) in [6.07, 6.45) is 2.44. The minimum Gasteiger partial charge on any atom is -0.507 e. The van der Waals surface area contributed by atoms with Crippen LogP contribution < -0.4 is 10.5 Å². The lowest BCUT2D eigenvalue weighted by molar-refractivity contribution is 0.313. The average Bonchev–Trinajstić information content (AvgIpc) is 3.08. The number of aromatic amines is 1. The van der Waals surface area contributed by atoms with Crippen molar-refractivity contribution in [3.63, 3.8) is 0 Å². The number of phenols is 2. The predicted octanol–water partition coefficient (Wildman–Crippen LogP) is 3.54. The minimum absolute atomic E-state index is 0.0947. The number of nitrogens with two attached hydrogens (primary N) is 1. The summed E-state index contributed by atoms with van der Waals surface area (Å²) in [6.45, 7) is 1.12. The Morgan fingerprint density at radius 3 is 2.76 bits per heavy atom. The van der Waals surface area contributed by atoms with Crippen LogP contribution in [0.1, 0.15) is 6.42 Å². The molecule has 6 nitrogen and oxygen atoms in total. The minimum atomic E-state index is -0.181. The molecule has 1 heterocycles. The normalized spacial score (nSPS) is 10.8. The smallest absolute Gasteiger partial charge is 0.137 e. The Hall–Kier alpha value is -2.70. The summed E-state index contributed by atoms with van der Waals surface area (Å²) in [7, 11) is 0. The number of H-pyrrole nitrogens is 1. The van der Waals surface area contributed by atoms with Gasteiger partial charge in [-0.15, -0.1) is 0 Å². The van der Waals surface area contributed by atoms with Gasteiger partial charge in [0.25, 0.3) is 0 Å². The fourth-order valence-corrected chi connectivity index (χ4v) is 2.65. The zero-order valence-corrected chi connectivity index (χ0v) is 14.1. The van der Waals surface area contributed by atoms with E-state index in [1.54, 1.807) is 6.20 Å². The first-order valence-electron chi connectivity index (χ1n) is 7.78. The van der Waals surface area contributed by atoms with Gasteiger partial charge in [0.1, 0.15) is 17.2 Å². The largest absolute Gasteiger partial charge is 0.507 e. The van der Waals surface area contributed by atoms with E-state index in [4.69, 9.17) is 22.1 Å². The van der Waals surface area contributed by atoms with Gasteiger partial charge in [0.2, 0.25) is 0 Å². The summed E-state index contributed by atoms with van der Waals surface area (Å²) < 4.78 is 5.68. The van der Waals surface area contributed by atoms with Gasteiger partial charge in [-0.3, -0.25) is 5.10 Å². The fourth-order valence-electron chi connectivity index (χ4n) is 2.49. The number of ether oxygens (including phenoxy) is 1. The van der Waals surface area contributed by atoms with Gasteiger partial charge in [0.15, 0.2) is 0 Å². The first kappa shape index (κ1) is 17.1. The van der Waals surface area contributed by atoms with Crippen molar-refractivity contribution in [3.8, 4) is 39.6 Å². The highest BCUT2D eigenvalue weighted by Gasteiger charge is 2.16. The molecule has 5 N–H and O–H groups in total. The van der Waals surface area contributed by atoms with Gasteiger partial charge in [-0.25, -0.2) is 0 Å². The van der Waals surface area contributed by atoms with Crippen LogP contribution in [0.2, 0.25) is 5.02 Å². The van der Waals surface area contributed by atoms with E-state index in [0.29, 0.717) is 24.4 Å². The summed E-state index contributed by atoms with van der Waals surface area (Å²) in [4.78, 5) is 0. The molecule has 0 amide bonds. The third-order valence-electron chi connectivity index (χ3n) is 3.74. The van der Waals surface area contributed by atoms with Crippen LogP contribution in [0.4, 0.5) is 0 Å². The summed E-state index contributed by atoms with van der Waals surface area (Å²) in [5.41, 5.74) is 8.17. The van der Waals surface area contributed by atoms with E-state index in [2.05, 4.69) is 10.2 Å². The number of aromatic hydroxyl groups is 2. The Bertz CT molecular complexity index is 880. The second-order valence-electron chi connectivity index (χ2n) is 5.50. The van der Waals surface area contributed by atoms with Crippen LogP contribution in [-0.2, 0) is 0 Å². The van der Waals surface area contributed by atoms with Crippen molar-refractivity contribution in [2.24, 2.45) is 5.73 Å². The molecule has 0 fully saturated rings. The van der Waals surface area contributed by atoms with Crippen LogP contribution >= 0.6 is 11.6 Å². The molecule has 3 aromatic rings. The van der Waals surface area contributed by atoms with Crippen LogP contribution in [-0.4, -0.2) is 33.6 Å². The molecule has 0 radical (unpaired) electrons. The molecular formula is C18H18ClN3O3. The van der Waals surface area contributed by atoms with Crippen LogP contribution in [0.5, 0.6) is 17.2 Å². The van der Waals surface area contributed by atoms with Crippen molar-refractivity contribution in [2.75, 3.05) is 13.2 Å². The molecule has 0 unspecified atom stereocenters. The van der Waals surface area contributed by atoms with Crippen molar-refractivity contribution >= 4 is 11.6 Å². The maximum atomic E-state index is 10.2. The first-order chi connectivity index (χ1) is 12.1. The van der Waals surface area contributed by atoms with E-state index >= 15 is 0 Å². The molecule has 2 aromatic carbocycles. The second-order valence-corrected chi connectivity index (χ2v) is 5.91. The number of rotatable bonds is 6. The van der Waals surface area contributed by atoms with Crippen molar-refractivity contribution in [1.82, 2.24) is 10.2 Å². The van der Waals surface area contributed by atoms with Gasteiger partial charge < -0.3 is 20.7 Å². The Labute approximate surface area is 149 Å². The van der Waals surface area contributed by atoms with Crippen molar-refractivity contribution in [1.29, 1.82) is 0 Å². The number of halogens is 1. The molecule has 0 aliphatic heterocycles. The highest BCUT2D eigenvalue weighted by atomic mass is 35.5. The molecule has 0 aliphatic rings. The molecular weight excluding hydrogens is 342 g/mol. The number of nitrogens with zero attached hydrogens (tertiary/aromatic N) is 1. The molecule has 0 spiro atoms. The highest BCUT2D eigenvalue weighted by Crippen LogP contribution is 2.40. The molecule has 0 atom stereocenters. The number of phenolic OH excluding ortho intramolecular Hbond substituents is 2. The van der Waals surface area contributed by atoms with Gasteiger partial charge in [-0.1, -0.05) is 23.7 Å². The van der Waals surface area contributed by atoms with E-state index in [1.807, 2.05) is 24.3 Å². The Balaban J connectivity index is 1.97.